The number of sulfonamides is 1. The topological polar surface area (TPSA) is 70.6 Å². The largest absolute Gasteiger partial charge is 0.302 e. The van der Waals surface area contributed by atoms with Crippen molar-refractivity contribution in [2.24, 2.45) is 5.10 Å². The van der Waals surface area contributed by atoms with Crippen LogP contribution in [-0.2, 0) is 10.0 Å². The number of hydrogen-bond donors (Lipinski definition) is 2. The van der Waals surface area contributed by atoms with Crippen LogP contribution in [0.25, 0.3) is 0 Å². The molecule has 1 aliphatic heterocycles. The summed E-state index contributed by atoms with van der Waals surface area (Å²) in [6, 6.07) is 13.7. The molecule has 0 saturated heterocycles. The first-order valence-electron chi connectivity index (χ1n) is 9.75. The zero-order valence-electron chi connectivity index (χ0n) is 17.0. The second-order valence-electron chi connectivity index (χ2n) is 7.43. The van der Waals surface area contributed by atoms with E-state index in [1.165, 1.54) is 18.2 Å². The lowest BCUT2D eigenvalue weighted by Gasteiger charge is -2.21. The Balaban J connectivity index is 1.71. The zero-order chi connectivity index (χ0) is 24.6. The Morgan fingerprint density at radius 2 is 1.53 bits per heavy atom. The van der Waals surface area contributed by atoms with Gasteiger partial charge in [0.2, 0.25) is 10.0 Å². The molecular formula is C22H15Cl6N3O2S. The molecule has 1 heterocycles. The summed E-state index contributed by atoms with van der Waals surface area (Å²) in [4.78, 5) is -0.223. The van der Waals surface area contributed by atoms with Crippen molar-refractivity contribution in [1.29, 1.82) is 0 Å². The fraction of sp³-hybridized carbons (Fsp3) is 0.136. The van der Waals surface area contributed by atoms with Crippen LogP contribution in [-0.4, -0.2) is 14.1 Å². The molecule has 3 aromatic carbocycles. The summed E-state index contributed by atoms with van der Waals surface area (Å²) in [6.45, 7) is 0. The van der Waals surface area contributed by atoms with Crippen molar-refractivity contribution in [3.63, 3.8) is 0 Å². The van der Waals surface area contributed by atoms with Crippen molar-refractivity contribution in [3.8, 4) is 0 Å². The fourth-order valence-corrected chi connectivity index (χ4v) is 6.34. The standard InChI is InChI=1S/C22H15Cl6N3O2S/c23-12-3-1-11(2-4-12)17-10-18(30-29-17)22(14-6-5-13(24)9-16(14)26)31-34(32,33)19-8-7-15(25)20(27)21(19)28/h1-9,17,22,29,31H,10H2. The van der Waals surface area contributed by atoms with Crippen molar-refractivity contribution in [3.05, 3.63) is 95.9 Å². The third kappa shape index (κ3) is 5.45. The predicted octanol–water partition coefficient (Wildman–Crippen LogP) is 7.72. The molecule has 0 radical (unpaired) electrons. The highest BCUT2D eigenvalue weighted by Gasteiger charge is 2.33. The summed E-state index contributed by atoms with van der Waals surface area (Å²) in [5.41, 5.74) is 4.99. The summed E-state index contributed by atoms with van der Waals surface area (Å²) in [5.74, 6) is 0. The molecule has 0 fully saturated rings. The van der Waals surface area contributed by atoms with Crippen LogP contribution in [0.1, 0.15) is 29.6 Å². The molecule has 3 aromatic rings. The van der Waals surface area contributed by atoms with Crippen molar-refractivity contribution in [2.75, 3.05) is 0 Å². The highest BCUT2D eigenvalue weighted by molar-refractivity contribution is 7.89. The third-order valence-corrected chi connectivity index (χ3v) is 8.90. The molecule has 0 aliphatic carbocycles. The van der Waals surface area contributed by atoms with Crippen molar-refractivity contribution in [2.45, 2.75) is 23.4 Å². The molecular weight excluding hydrogens is 583 g/mol. The van der Waals surface area contributed by atoms with Crippen LogP contribution in [0.15, 0.2) is 64.6 Å². The van der Waals surface area contributed by atoms with Crippen LogP contribution in [0.3, 0.4) is 0 Å². The Labute approximate surface area is 227 Å². The van der Waals surface area contributed by atoms with E-state index in [1.54, 1.807) is 24.3 Å². The Kier molecular flexibility index (Phi) is 7.92. The van der Waals surface area contributed by atoms with Crippen molar-refractivity contribution >= 4 is 85.3 Å². The maximum absolute atomic E-state index is 13.4. The third-order valence-electron chi connectivity index (χ3n) is 5.22. The predicted molar refractivity (Wildman–Crippen MR) is 140 cm³/mol. The van der Waals surface area contributed by atoms with E-state index in [9.17, 15) is 8.42 Å². The summed E-state index contributed by atoms with van der Waals surface area (Å²) in [6.07, 6.45) is 0.406. The van der Waals surface area contributed by atoms with Gasteiger partial charge in [-0.3, -0.25) is 0 Å². The monoisotopic (exact) mass is 595 g/mol. The number of rotatable bonds is 6. The number of hydrogen-bond acceptors (Lipinski definition) is 4. The maximum Gasteiger partial charge on any atom is 0.243 e. The number of nitrogens with one attached hydrogen (secondary N) is 2. The van der Waals surface area contributed by atoms with E-state index in [0.717, 1.165) is 5.56 Å². The van der Waals surface area contributed by atoms with E-state index in [1.807, 2.05) is 12.1 Å². The van der Waals surface area contributed by atoms with Crippen LogP contribution >= 0.6 is 69.6 Å². The number of nitrogens with zero attached hydrogens (tertiary/aromatic N) is 1. The van der Waals surface area contributed by atoms with E-state index in [-0.39, 0.29) is 31.0 Å². The molecule has 4 rings (SSSR count). The van der Waals surface area contributed by atoms with Gasteiger partial charge in [-0.1, -0.05) is 87.8 Å². The molecule has 5 nitrogen and oxygen atoms in total. The minimum atomic E-state index is -4.17. The van der Waals surface area contributed by atoms with Gasteiger partial charge in [0.15, 0.2) is 0 Å². The summed E-state index contributed by atoms with van der Waals surface area (Å²) < 4.78 is 29.4. The maximum atomic E-state index is 13.4. The number of hydrazone groups is 1. The van der Waals surface area contributed by atoms with Gasteiger partial charge in [0.1, 0.15) is 4.90 Å². The Morgan fingerprint density at radius 1 is 0.853 bits per heavy atom. The first-order chi connectivity index (χ1) is 16.1. The van der Waals surface area contributed by atoms with Crippen LogP contribution in [0.5, 0.6) is 0 Å². The molecule has 2 N–H and O–H groups in total. The van der Waals surface area contributed by atoms with Gasteiger partial charge in [-0.15, -0.1) is 0 Å². The van der Waals surface area contributed by atoms with Gasteiger partial charge in [-0.25, -0.2) is 8.42 Å². The van der Waals surface area contributed by atoms with E-state index in [4.69, 9.17) is 69.6 Å². The van der Waals surface area contributed by atoms with Gasteiger partial charge in [-0.2, -0.15) is 9.82 Å². The Morgan fingerprint density at radius 3 is 2.21 bits per heavy atom. The highest BCUT2D eigenvalue weighted by atomic mass is 35.5. The molecule has 1 aliphatic rings. The zero-order valence-corrected chi connectivity index (χ0v) is 22.3. The van der Waals surface area contributed by atoms with Crippen LogP contribution in [0, 0.1) is 0 Å². The summed E-state index contributed by atoms with van der Waals surface area (Å²) >= 11 is 36.7. The normalized spacial score (nSPS) is 16.8. The number of benzene rings is 3. The van der Waals surface area contributed by atoms with Gasteiger partial charge < -0.3 is 5.43 Å². The molecule has 34 heavy (non-hydrogen) atoms. The second kappa shape index (κ2) is 10.4. The fourth-order valence-electron chi connectivity index (χ4n) is 3.51. The quantitative estimate of drug-likeness (QED) is 0.286. The molecule has 0 saturated carbocycles. The Bertz CT molecular complexity index is 1380. The molecule has 2 atom stereocenters. The van der Waals surface area contributed by atoms with E-state index in [2.05, 4.69) is 15.2 Å². The SMILES string of the molecule is O=S(=O)(NC(C1=NNC(c2ccc(Cl)cc2)C1)c1ccc(Cl)cc1Cl)c1ccc(Cl)c(Cl)c1Cl. The lowest BCUT2D eigenvalue weighted by molar-refractivity contribution is 0.576. The van der Waals surface area contributed by atoms with E-state index >= 15 is 0 Å². The first kappa shape index (κ1) is 25.9. The van der Waals surface area contributed by atoms with Crippen molar-refractivity contribution in [1.82, 2.24) is 10.1 Å². The minimum Gasteiger partial charge on any atom is -0.302 e. The molecule has 0 amide bonds. The molecule has 178 valence electrons. The second-order valence-corrected chi connectivity index (χ2v) is 11.6. The highest BCUT2D eigenvalue weighted by Crippen LogP contribution is 2.37. The average Bonchev–Trinajstić information content (AvgIpc) is 3.27. The minimum absolute atomic E-state index is 0.0602. The molecule has 0 spiro atoms. The van der Waals surface area contributed by atoms with Gasteiger partial charge in [-0.05, 0) is 47.5 Å². The summed E-state index contributed by atoms with van der Waals surface area (Å²) in [5, 5.41) is 5.61. The molecule has 2 unspecified atom stereocenters. The van der Waals surface area contributed by atoms with E-state index in [0.29, 0.717) is 27.7 Å². The first-order valence-corrected chi connectivity index (χ1v) is 13.5. The smallest absolute Gasteiger partial charge is 0.243 e. The van der Waals surface area contributed by atoms with Crippen molar-refractivity contribution < 1.29 is 8.42 Å². The van der Waals surface area contributed by atoms with E-state index < -0.39 is 16.1 Å². The van der Waals surface area contributed by atoms with Crippen LogP contribution < -0.4 is 10.1 Å². The lowest BCUT2D eigenvalue weighted by Crippen LogP contribution is -2.34. The van der Waals surface area contributed by atoms with Gasteiger partial charge >= 0.3 is 0 Å². The lowest BCUT2D eigenvalue weighted by atomic mass is 9.96. The van der Waals surface area contributed by atoms with Crippen LogP contribution in [0.4, 0.5) is 0 Å². The molecule has 0 bridgehead atoms. The number of halogens is 6. The van der Waals surface area contributed by atoms with Crippen LogP contribution in [0.2, 0.25) is 30.1 Å². The average molecular weight is 598 g/mol. The Hall–Kier alpha value is -1.22. The summed E-state index contributed by atoms with van der Waals surface area (Å²) in [7, 11) is -4.17. The van der Waals surface area contributed by atoms with Gasteiger partial charge in [0, 0.05) is 21.5 Å². The molecule has 12 heteroatoms. The molecule has 0 aromatic heterocycles. The van der Waals surface area contributed by atoms with Gasteiger partial charge in [0.25, 0.3) is 0 Å². The van der Waals surface area contributed by atoms with Gasteiger partial charge in [0.05, 0.1) is 32.9 Å².